The molecule has 0 aliphatic carbocycles. The predicted molar refractivity (Wildman–Crippen MR) is 77.5 cm³/mol. The first-order valence-electron chi connectivity index (χ1n) is 5.98. The molecular weight excluding hydrogens is 297 g/mol. The smallest absolute Gasteiger partial charge is 0.259 e. The van der Waals surface area contributed by atoms with Gasteiger partial charge >= 0.3 is 0 Å². The van der Waals surface area contributed by atoms with Crippen molar-refractivity contribution >= 4 is 35.0 Å². The summed E-state index contributed by atoms with van der Waals surface area (Å²) in [5.41, 5.74) is 2.29. The van der Waals surface area contributed by atoms with Crippen LogP contribution in [0.25, 0.3) is 0 Å². The summed E-state index contributed by atoms with van der Waals surface area (Å²) in [5, 5.41) is 3.38. The molecule has 2 aromatic rings. The van der Waals surface area contributed by atoms with Crippen LogP contribution in [-0.2, 0) is 6.42 Å². The normalized spacial score (nSPS) is 13.3. The van der Waals surface area contributed by atoms with Crippen LogP contribution in [-0.4, -0.2) is 11.8 Å². The maximum Gasteiger partial charge on any atom is 0.259 e. The average molecular weight is 306 g/mol. The van der Waals surface area contributed by atoms with E-state index < -0.39 is 0 Å². The summed E-state index contributed by atoms with van der Waals surface area (Å²) < 4.78 is 0. The number of amides is 2. The number of hydrogen-bond acceptors (Lipinski definition) is 2. The molecule has 0 radical (unpaired) electrons. The topological polar surface area (TPSA) is 46.2 Å². The van der Waals surface area contributed by atoms with Gasteiger partial charge in [-0.1, -0.05) is 41.4 Å². The van der Waals surface area contributed by atoms with Crippen molar-refractivity contribution in [3.63, 3.8) is 0 Å². The van der Waals surface area contributed by atoms with Crippen LogP contribution in [0.1, 0.15) is 31.8 Å². The van der Waals surface area contributed by atoms with E-state index in [0.29, 0.717) is 27.6 Å². The van der Waals surface area contributed by atoms with Crippen molar-refractivity contribution < 1.29 is 9.59 Å². The summed E-state index contributed by atoms with van der Waals surface area (Å²) in [6.45, 7) is 0. The van der Waals surface area contributed by atoms with Crippen molar-refractivity contribution in [3.05, 3.63) is 68.7 Å². The minimum atomic E-state index is -0.372. The SMILES string of the molecule is O=C1NC(=O)c2c(Cc3c(Cl)cccc3Cl)cccc21. The van der Waals surface area contributed by atoms with E-state index >= 15 is 0 Å². The fourth-order valence-corrected chi connectivity index (χ4v) is 2.86. The Labute approximate surface area is 125 Å². The van der Waals surface area contributed by atoms with E-state index in [2.05, 4.69) is 5.32 Å². The molecule has 0 atom stereocenters. The van der Waals surface area contributed by atoms with Gasteiger partial charge in [-0.05, 0) is 29.3 Å². The number of imide groups is 1. The van der Waals surface area contributed by atoms with Crippen LogP contribution in [0.4, 0.5) is 0 Å². The summed E-state index contributed by atoms with van der Waals surface area (Å²) in [7, 11) is 0. The molecule has 2 amide bonds. The molecule has 5 heteroatoms. The Morgan fingerprint density at radius 3 is 2.25 bits per heavy atom. The Bertz CT molecular complexity index is 720. The van der Waals surface area contributed by atoms with E-state index in [1.165, 1.54) is 0 Å². The van der Waals surface area contributed by atoms with Crippen molar-refractivity contribution in [2.24, 2.45) is 0 Å². The third-order valence-electron chi connectivity index (χ3n) is 3.28. The average Bonchev–Trinajstić information content (AvgIpc) is 2.71. The second kappa shape index (κ2) is 4.93. The number of rotatable bonds is 2. The van der Waals surface area contributed by atoms with Gasteiger partial charge in [0.25, 0.3) is 11.8 Å². The lowest BCUT2D eigenvalue weighted by atomic mass is 9.97. The van der Waals surface area contributed by atoms with Crippen LogP contribution < -0.4 is 5.32 Å². The second-order valence-electron chi connectivity index (χ2n) is 4.50. The van der Waals surface area contributed by atoms with Gasteiger partial charge in [0, 0.05) is 16.5 Å². The van der Waals surface area contributed by atoms with Gasteiger partial charge in [-0.15, -0.1) is 0 Å². The molecule has 1 aliphatic heterocycles. The molecule has 0 saturated carbocycles. The zero-order valence-corrected chi connectivity index (χ0v) is 11.8. The first-order chi connectivity index (χ1) is 9.58. The number of benzene rings is 2. The van der Waals surface area contributed by atoms with E-state index in [1.54, 1.807) is 36.4 Å². The number of carbonyl (C=O) groups is 2. The summed E-state index contributed by atoms with van der Waals surface area (Å²) in [6.07, 6.45) is 0.405. The van der Waals surface area contributed by atoms with Crippen molar-refractivity contribution in [3.8, 4) is 0 Å². The van der Waals surface area contributed by atoms with Gasteiger partial charge in [-0.2, -0.15) is 0 Å². The quantitative estimate of drug-likeness (QED) is 0.864. The van der Waals surface area contributed by atoms with Crippen molar-refractivity contribution in [1.29, 1.82) is 0 Å². The minimum Gasteiger partial charge on any atom is -0.288 e. The van der Waals surface area contributed by atoms with Crippen LogP contribution >= 0.6 is 23.2 Å². The standard InChI is InChI=1S/C15H9Cl2NO2/c16-11-5-2-6-12(17)10(11)7-8-3-1-4-9-13(8)15(20)18-14(9)19/h1-6H,7H2,(H,18,19,20). The summed E-state index contributed by atoms with van der Waals surface area (Å²) in [6, 6.07) is 10.4. The fraction of sp³-hybridized carbons (Fsp3) is 0.0667. The van der Waals surface area contributed by atoms with Gasteiger partial charge in [-0.25, -0.2) is 0 Å². The predicted octanol–water partition coefficient (Wildman–Crippen LogP) is 3.47. The van der Waals surface area contributed by atoms with Crippen LogP contribution in [0.3, 0.4) is 0 Å². The highest BCUT2D eigenvalue weighted by atomic mass is 35.5. The van der Waals surface area contributed by atoms with E-state index in [-0.39, 0.29) is 11.8 Å². The van der Waals surface area contributed by atoms with Gasteiger partial charge in [0.05, 0.1) is 11.1 Å². The molecule has 1 aliphatic rings. The first kappa shape index (κ1) is 13.2. The lowest BCUT2D eigenvalue weighted by Gasteiger charge is -2.09. The van der Waals surface area contributed by atoms with Gasteiger partial charge in [0.2, 0.25) is 0 Å². The largest absolute Gasteiger partial charge is 0.288 e. The molecule has 1 N–H and O–H groups in total. The number of halogens is 2. The number of carbonyl (C=O) groups excluding carboxylic acids is 2. The van der Waals surface area contributed by atoms with Gasteiger partial charge in [0.15, 0.2) is 0 Å². The third kappa shape index (κ3) is 2.09. The highest BCUT2D eigenvalue weighted by Gasteiger charge is 2.29. The molecule has 2 aromatic carbocycles. The first-order valence-corrected chi connectivity index (χ1v) is 6.74. The maximum atomic E-state index is 11.9. The summed E-state index contributed by atoms with van der Waals surface area (Å²) >= 11 is 12.3. The lowest BCUT2D eigenvalue weighted by Crippen LogP contribution is -2.20. The molecule has 0 fully saturated rings. The zero-order valence-electron chi connectivity index (χ0n) is 10.2. The van der Waals surface area contributed by atoms with Gasteiger partial charge < -0.3 is 0 Å². The molecule has 3 rings (SSSR count). The van der Waals surface area contributed by atoms with Crippen molar-refractivity contribution in [2.45, 2.75) is 6.42 Å². The maximum absolute atomic E-state index is 11.9. The molecule has 0 unspecified atom stereocenters. The lowest BCUT2D eigenvalue weighted by molar-refractivity contribution is 0.0879. The highest BCUT2D eigenvalue weighted by Crippen LogP contribution is 2.29. The molecule has 0 spiro atoms. The molecule has 20 heavy (non-hydrogen) atoms. The van der Waals surface area contributed by atoms with Gasteiger partial charge in [0.1, 0.15) is 0 Å². The van der Waals surface area contributed by atoms with E-state index in [9.17, 15) is 9.59 Å². The van der Waals surface area contributed by atoms with Crippen LogP contribution in [0, 0.1) is 0 Å². The molecule has 0 bridgehead atoms. The van der Waals surface area contributed by atoms with Crippen LogP contribution in [0.15, 0.2) is 36.4 Å². The number of hydrogen-bond donors (Lipinski definition) is 1. The van der Waals surface area contributed by atoms with Gasteiger partial charge in [-0.3, -0.25) is 14.9 Å². The highest BCUT2D eigenvalue weighted by molar-refractivity contribution is 6.36. The monoisotopic (exact) mass is 305 g/mol. The zero-order chi connectivity index (χ0) is 14.3. The molecular formula is C15H9Cl2NO2. The summed E-state index contributed by atoms with van der Waals surface area (Å²) in [5.74, 6) is -0.735. The number of fused-ring (bicyclic) bond motifs is 1. The third-order valence-corrected chi connectivity index (χ3v) is 3.99. The minimum absolute atomic E-state index is 0.364. The van der Waals surface area contributed by atoms with Crippen molar-refractivity contribution in [2.75, 3.05) is 0 Å². The molecule has 1 heterocycles. The Balaban J connectivity index is 2.10. The van der Waals surface area contributed by atoms with E-state index in [1.807, 2.05) is 0 Å². The van der Waals surface area contributed by atoms with E-state index in [0.717, 1.165) is 11.1 Å². The number of nitrogens with one attached hydrogen (secondary N) is 1. The molecule has 100 valence electrons. The summed E-state index contributed by atoms with van der Waals surface area (Å²) in [4.78, 5) is 23.5. The fourth-order valence-electron chi connectivity index (χ4n) is 2.33. The molecule has 0 saturated heterocycles. The van der Waals surface area contributed by atoms with Crippen LogP contribution in [0.2, 0.25) is 10.0 Å². The Kier molecular flexibility index (Phi) is 3.24. The Hall–Kier alpha value is -1.84. The second-order valence-corrected chi connectivity index (χ2v) is 5.31. The van der Waals surface area contributed by atoms with E-state index in [4.69, 9.17) is 23.2 Å². The van der Waals surface area contributed by atoms with Crippen molar-refractivity contribution in [1.82, 2.24) is 5.32 Å². The van der Waals surface area contributed by atoms with Crippen LogP contribution in [0.5, 0.6) is 0 Å². The Morgan fingerprint density at radius 2 is 1.55 bits per heavy atom. The molecule has 0 aromatic heterocycles. The molecule has 3 nitrogen and oxygen atoms in total. The Morgan fingerprint density at radius 1 is 0.900 bits per heavy atom.